The second-order valence-electron chi connectivity index (χ2n) is 4.17. The third-order valence-corrected chi connectivity index (χ3v) is 2.60. The van der Waals surface area contributed by atoms with Gasteiger partial charge in [0.1, 0.15) is 6.04 Å². The fourth-order valence-electron chi connectivity index (χ4n) is 1.55. The van der Waals surface area contributed by atoms with Crippen molar-refractivity contribution in [1.82, 2.24) is 10.6 Å². The molecule has 0 fully saturated rings. The molecule has 0 radical (unpaired) electrons. The molecule has 0 saturated heterocycles. The first-order valence-corrected chi connectivity index (χ1v) is 6.11. The highest BCUT2D eigenvalue weighted by Gasteiger charge is 2.20. The molecule has 1 atom stereocenters. The topological polar surface area (TPSA) is 119 Å². The molecular formula is C14H16N2O5. The number of rotatable bonds is 5. The molecule has 0 unspecified atom stereocenters. The fourth-order valence-corrected chi connectivity index (χ4v) is 1.55. The molecule has 7 heteroatoms. The summed E-state index contributed by atoms with van der Waals surface area (Å²) in [4.78, 5) is 22.6. The van der Waals surface area contributed by atoms with E-state index in [2.05, 4.69) is 22.5 Å². The van der Waals surface area contributed by atoms with Gasteiger partial charge < -0.3 is 26.0 Å². The van der Waals surface area contributed by atoms with E-state index >= 15 is 0 Å². The van der Waals surface area contributed by atoms with E-state index in [1.807, 2.05) is 0 Å². The highest BCUT2D eigenvalue weighted by molar-refractivity contribution is 5.82. The third-order valence-electron chi connectivity index (χ3n) is 2.60. The summed E-state index contributed by atoms with van der Waals surface area (Å²) >= 11 is 0. The molecule has 0 aliphatic carbocycles. The number of nitrogens with one attached hydrogen (secondary N) is 2. The van der Waals surface area contributed by atoms with E-state index in [-0.39, 0.29) is 24.5 Å². The van der Waals surface area contributed by atoms with Gasteiger partial charge in [0.2, 0.25) is 0 Å². The number of phenols is 2. The van der Waals surface area contributed by atoms with E-state index < -0.39 is 18.0 Å². The zero-order valence-corrected chi connectivity index (χ0v) is 11.4. The number of aliphatic carboxylic acids is 1. The first-order valence-electron chi connectivity index (χ1n) is 6.11. The predicted molar refractivity (Wildman–Crippen MR) is 74.9 cm³/mol. The molecule has 0 bridgehead atoms. The smallest absolute Gasteiger partial charge is 0.326 e. The Hall–Kier alpha value is -2.88. The molecule has 2 amide bonds. The minimum atomic E-state index is -1.21. The van der Waals surface area contributed by atoms with Crippen molar-refractivity contribution >= 4 is 12.0 Å². The average molecular weight is 292 g/mol. The van der Waals surface area contributed by atoms with E-state index in [9.17, 15) is 19.8 Å². The standard InChI is InChI=1S/C14H16N2O5/c1-2-3-6-15-14(21)16-10(13(19)20)7-9-4-5-11(17)12(18)8-9/h4-5,8,10,17-18H,6-7H2,1H3,(H,19,20)(H2,15,16,21)/t10-/m0/s1. The zero-order chi connectivity index (χ0) is 15.8. The van der Waals surface area contributed by atoms with Crippen molar-refractivity contribution < 1.29 is 24.9 Å². The monoisotopic (exact) mass is 292 g/mol. The lowest BCUT2D eigenvalue weighted by Crippen LogP contribution is -2.47. The number of phenolic OH excluding ortho intramolecular Hbond substituents is 2. The SMILES string of the molecule is CC#CCNC(=O)N[C@@H](Cc1ccc(O)c(O)c1)C(=O)O. The molecule has 0 aromatic heterocycles. The van der Waals surface area contributed by atoms with Crippen molar-refractivity contribution in [2.24, 2.45) is 0 Å². The van der Waals surface area contributed by atoms with Gasteiger partial charge in [-0.3, -0.25) is 0 Å². The van der Waals surface area contributed by atoms with Crippen LogP contribution in [0.5, 0.6) is 11.5 Å². The van der Waals surface area contributed by atoms with Crippen molar-refractivity contribution in [3.63, 3.8) is 0 Å². The Kier molecular flexibility index (Phi) is 5.89. The summed E-state index contributed by atoms with van der Waals surface area (Å²) in [6.07, 6.45) is -0.0317. The van der Waals surface area contributed by atoms with Gasteiger partial charge in [0.25, 0.3) is 0 Å². The number of hydrogen-bond acceptors (Lipinski definition) is 4. The summed E-state index contributed by atoms with van der Waals surface area (Å²) in [5.74, 6) is 3.35. The van der Waals surface area contributed by atoms with Crippen LogP contribution in [0.25, 0.3) is 0 Å². The maximum absolute atomic E-state index is 11.5. The highest BCUT2D eigenvalue weighted by atomic mass is 16.4. The Balaban J connectivity index is 2.68. The summed E-state index contributed by atoms with van der Waals surface area (Å²) in [6.45, 7) is 1.74. The molecule has 1 rings (SSSR count). The molecule has 21 heavy (non-hydrogen) atoms. The Morgan fingerprint density at radius 2 is 2.00 bits per heavy atom. The Bertz CT molecular complexity index is 589. The van der Waals surface area contributed by atoms with Gasteiger partial charge >= 0.3 is 12.0 Å². The first kappa shape index (κ1) is 16.2. The lowest BCUT2D eigenvalue weighted by Gasteiger charge is -2.15. The fraction of sp³-hybridized carbons (Fsp3) is 0.286. The second-order valence-corrected chi connectivity index (χ2v) is 4.17. The maximum Gasteiger partial charge on any atom is 0.326 e. The van der Waals surface area contributed by atoms with E-state index in [0.29, 0.717) is 5.56 Å². The van der Waals surface area contributed by atoms with Crippen molar-refractivity contribution in [3.05, 3.63) is 23.8 Å². The van der Waals surface area contributed by atoms with E-state index in [1.165, 1.54) is 18.2 Å². The molecule has 0 aliphatic heterocycles. The summed E-state index contributed by atoms with van der Waals surface area (Å²) in [5.41, 5.74) is 0.464. The predicted octanol–water partition coefficient (Wildman–Crippen LogP) is 0.416. The van der Waals surface area contributed by atoms with Crippen LogP contribution in [0.4, 0.5) is 4.79 Å². The molecule has 0 saturated carbocycles. The first-order chi connectivity index (χ1) is 9.93. The maximum atomic E-state index is 11.5. The largest absolute Gasteiger partial charge is 0.504 e. The molecule has 1 aromatic carbocycles. The van der Waals surface area contributed by atoms with Gasteiger partial charge in [-0.1, -0.05) is 12.0 Å². The van der Waals surface area contributed by atoms with Crippen LogP contribution in [0.3, 0.4) is 0 Å². The van der Waals surface area contributed by atoms with Gasteiger partial charge in [0, 0.05) is 6.42 Å². The van der Waals surface area contributed by atoms with Crippen molar-refractivity contribution in [1.29, 1.82) is 0 Å². The minimum Gasteiger partial charge on any atom is -0.504 e. The summed E-state index contributed by atoms with van der Waals surface area (Å²) in [5, 5.41) is 32.4. The van der Waals surface area contributed by atoms with Gasteiger partial charge in [-0.2, -0.15) is 0 Å². The molecule has 5 N–H and O–H groups in total. The van der Waals surface area contributed by atoms with Crippen molar-refractivity contribution in [2.45, 2.75) is 19.4 Å². The van der Waals surface area contributed by atoms with E-state index in [1.54, 1.807) is 6.92 Å². The number of hydrogen-bond donors (Lipinski definition) is 5. The average Bonchev–Trinajstić information content (AvgIpc) is 2.42. The van der Waals surface area contributed by atoms with Crippen molar-refractivity contribution in [2.75, 3.05) is 6.54 Å². The quantitative estimate of drug-likeness (QED) is 0.398. The Labute approximate surface area is 121 Å². The molecule has 112 valence electrons. The molecule has 0 heterocycles. The van der Waals surface area contributed by atoms with Crippen LogP contribution in [0.15, 0.2) is 18.2 Å². The van der Waals surface area contributed by atoms with Crippen molar-refractivity contribution in [3.8, 4) is 23.3 Å². The second kappa shape index (κ2) is 7.65. The van der Waals surface area contributed by atoms with E-state index in [4.69, 9.17) is 5.11 Å². The summed E-state index contributed by atoms with van der Waals surface area (Å²) in [6, 6.07) is 2.15. The van der Waals surface area contributed by atoms with Crippen LogP contribution in [-0.4, -0.2) is 39.9 Å². The number of carboxylic acid groups (broad SMARTS) is 1. The lowest BCUT2D eigenvalue weighted by atomic mass is 10.1. The third kappa shape index (κ3) is 5.32. The minimum absolute atomic E-state index is 0.0317. The van der Waals surface area contributed by atoms with Crippen LogP contribution in [-0.2, 0) is 11.2 Å². The molecule has 7 nitrogen and oxygen atoms in total. The van der Waals surface area contributed by atoms with Gasteiger partial charge in [-0.05, 0) is 24.6 Å². The van der Waals surface area contributed by atoms with Crippen LogP contribution in [0.1, 0.15) is 12.5 Å². The Morgan fingerprint density at radius 3 is 2.57 bits per heavy atom. The Morgan fingerprint density at radius 1 is 1.29 bits per heavy atom. The number of amides is 2. The zero-order valence-electron chi connectivity index (χ0n) is 11.4. The van der Waals surface area contributed by atoms with Gasteiger partial charge in [-0.25, -0.2) is 9.59 Å². The van der Waals surface area contributed by atoms with Crippen LogP contribution in [0, 0.1) is 11.8 Å². The normalized spacial score (nSPS) is 10.9. The number of urea groups is 1. The number of benzene rings is 1. The van der Waals surface area contributed by atoms with Crippen LogP contribution < -0.4 is 10.6 Å². The summed E-state index contributed by atoms with van der Waals surface area (Å²) < 4.78 is 0. The molecule has 0 aliphatic rings. The number of carboxylic acids is 1. The summed E-state index contributed by atoms with van der Waals surface area (Å²) in [7, 11) is 0. The lowest BCUT2D eigenvalue weighted by molar-refractivity contribution is -0.139. The van der Waals surface area contributed by atoms with Gasteiger partial charge in [0.15, 0.2) is 11.5 Å². The van der Waals surface area contributed by atoms with Gasteiger partial charge in [0.05, 0.1) is 6.54 Å². The number of carbonyl (C=O) groups excluding carboxylic acids is 1. The highest BCUT2D eigenvalue weighted by Crippen LogP contribution is 2.25. The molecular weight excluding hydrogens is 276 g/mol. The molecule has 1 aromatic rings. The van der Waals surface area contributed by atoms with Gasteiger partial charge in [-0.15, -0.1) is 5.92 Å². The van der Waals surface area contributed by atoms with Crippen LogP contribution in [0.2, 0.25) is 0 Å². The van der Waals surface area contributed by atoms with E-state index in [0.717, 1.165) is 0 Å². The van der Waals surface area contributed by atoms with Crippen LogP contribution >= 0.6 is 0 Å². The number of aromatic hydroxyl groups is 2. The molecule has 0 spiro atoms. The number of carbonyl (C=O) groups is 2.